The molecule has 0 fully saturated rings. The van der Waals surface area contributed by atoms with E-state index in [9.17, 15) is 5.11 Å². The summed E-state index contributed by atoms with van der Waals surface area (Å²) in [5, 5.41) is 9.96. The van der Waals surface area contributed by atoms with Crippen molar-refractivity contribution in [1.29, 1.82) is 0 Å². The molecule has 0 radical (unpaired) electrons. The third-order valence-electron chi connectivity index (χ3n) is 2.35. The minimum absolute atomic E-state index is 0.584. The van der Waals surface area contributed by atoms with Gasteiger partial charge in [0, 0.05) is 16.9 Å². The predicted molar refractivity (Wildman–Crippen MR) is 55.1 cm³/mol. The first-order valence-electron chi connectivity index (χ1n) is 4.35. The number of hydrogen-bond acceptors (Lipinski definition) is 3. The van der Waals surface area contributed by atoms with E-state index in [-0.39, 0.29) is 0 Å². The molecule has 0 heterocycles. The Morgan fingerprint density at radius 2 is 2.00 bits per heavy atom. The van der Waals surface area contributed by atoms with Crippen LogP contribution in [-0.4, -0.2) is 5.11 Å². The summed E-state index contributed by atoms with van der Waals surface area (Å²) in [5.41, 5.74) is 12.4. The fraction of sp³-hybridized carbons (Fsp3) is 0.400. The van der Waals surface area contributed by atoms with Crippen molar-refractivity contribution in [3.8, 4) is 0 Å². The molecule has 1 unspecified atom stereocenters. The molecule has 0 aliphatic rings. The first kappa shape index (κ1) is 9.86. The molecule has 0 aliphatic carbocycles. The molecule has 1 aromatic rings. The molecule has 13 heavy (non-hydrogen) atoms. The molecule has 0 aromatic heterocycles. The highest BCUT2D eigenvalue weighted by molar-refractivity contribution is 5.57. The van der Waals surface area contributed by atoms with E-state index >= 15 is 0 Å². The van der Waals surface area contributed by atoms with Gasteiger partial charge in [-0.15, -0.1) is 0 Å². The number of nitrogens with two attached hydrogens (primary N) is 2. The van der Waals surface area contributed by atoms with Crippen molar-refractivity contribution in [3.05, 3.63) is 23.8 Å². The van der Waals surface area contributed by atoms with E-state index in [0.717, 1.165) is 0 Å². The summed E-state index contributed by atoms with van der Waals surface area (Å²) in [6, 6.07) is 5.16. The van der Waals surface area contributed by atoms with Crippen molar-refractivity contribution < 1.29 is 5.11 Å². The lowest BCUT2D eigenvalue weighted by molar-refractivity contribution is 0.0539. The monoisotopic (exact) mass is 180 g/mol. The quantitative estimate of drug-likeness (QED) is 0.603. The number of hydrogen-bond donors (Lipinski definition) is 3. The minimum Gasteiger partial charge on any atom is -0.399 e. The van der Waals surface area contributed by atoms with E-state index in [4.69, 9.17) is 11.5 Å². The summed E-state index contributed by atoms with van der Waals surface area (Å²) < 4.78 is 0. The van der Waals surface area contributed by atoms with Crippen molar-refractivity contribution >= 4 is 11.4 Å². The van der Waals surface area contributed by atoms with Crippen LogP contribution in [0.5, 0.6) is 0 Å². The van der Waals surface area contributed by atoms with Crippen molar-refractivity contribution in [2.45, 2.75) is 25.9 Å². The molecule has 1 atom stereocenters. The van der Waals surface area contributed by atoms with Crippen molar-refractivity contribution in [1.82, 2.24) is 0 Å². The van der Waals surface area contributed by atoms with Gasteiger partial charge in [-0.2, -0.15) is 0 Å². The number of nitrogen functional groups attached to an aromatic ring is 2. The predicted octanol–water partition coefficient (Wildman–Crippen LogP) is 1.47. The Labute approximate surface area is 78.4 Å². The van der Waals surface area contributed by atoms with Gasteiger partial charge in [0.25, 0.3) is 0 Å². The molecule has 0 saturated carbocycles. The molecule has 72 valence electrons. The molecule has 0 aliphatic heterocycles. The smallest absolute Gasteiger partial charge is 0.0886 e. The number of aliphatic hydroxyl groups is 1. The fourth-order valence-corrected chi connectivity index (χ4v) is 1.23. The van der Waals surface area contributed by atoms with Crippen LogP contribution in [-0.2, 0) is 5.60 Å². The highest BCUT2D eigenvalue weighted by Crippen LogP contribution is 2.30. The van der Waals surface area contributed by atoms with Crippen LogP contribution >= 0.6 is 0 Å². The average molecular weight is 180 g/mol. The minimum atomic E-state index is -0.889. The third kappa shape index (κ3) is 1.92. The van der Waals surface area contributed by atoms with Gasteiger partial charge in [0.15, 0.2) is 0 Å². The first-order chi connectivity index (χ1) is 5.97. The topological polar surface area (TPSA) is 72.3 Å². The second-order valence-corrected chi connectivity index (χ2v) is 3.47. The van der Waals surface area contributed by atoms with Gasteiger partial charge in [0.1, 0.15) is 0 Å². The molecular weight excluding hydrogens is 164 g/mol. The van der Waals surface area contributed by atoms with Crippen LogP contribution in [0.3, 0.4) is 0 Å². The number of anilines is 2. The molecule has 1 rings (SSSR count). The van der Waals surface area contributed by atoms with Crippen molar-refractivity contribution in [2.75, 3.05) is 11.5 Å². The van der Waals surface area contributed by atoms with Gasteiger partial charge in [0.2, 0.25) is 0 Å². The highest BCUT2D eigenvalue weighted by Gasteiger charge is 2.22. The number of rotatable bonds is 2. The van der Waals surface area contributed by atoms with Crippen LogP contribution < -0.4 is 11.5 Å². The summed E-state index contributed by atoms with van der Waals surface area (Å²) in [6.07, 6.45) is 0.612. The van der Waals surface area contributed by atoms with Crippen LogP contribution in [0.4, 0.5) is 11.4 Å². The molecule has 0 bridgehead atoms. The van der Waals surface area contributed by atoms with Crippen molar-refractivity contribution in [3.63, 3.8) is 0 Å². The van der Waals surface area contributed by atoms with E-state index < -0.39 is 5.60 Å². The molecule has 0 spiro atoms. The van der Waals surface area contributed by atoms with E-state index in [0.29, 0.717) is 23.4 Å². The Morgan fingerprint density at radius 3 is 2.54 bits per heavy atom. The summed E-state index contributed by atoms with van der Waals surface area (Å²) >= 11 is 0. The summed E-state index contributed by atoms with van der Waals surface area (Å²) in [6.45, 7) is 3.64. The van der Waals surface area contributed by atoms with Crippen LogP contribution in [0.1, 0.15) is 25.8 Å². The van der Waals surface area contributed by atoms with Gasteiger partial charge in [-0.1, -0.05) is 6.92 Å². The van der Waals surface area contributed by atoms with E-state index in [1.54, 1.807) is 25.1 Å². The normalized spacial score (nSPS) is 15.3. The van der Waals surface area contributed by atoms with Gasteiger partial charge in [-0.3, -0.25) is 0 Å². The Bertz CT molecular complexity index is 308. The Kier molecular flexibility index (Phi) is 2.48. The zero-order valence-electron chi connectivity index (χ0n) is 8.04. The van der Waals surface area contributed by atoms with Crippen molar-refractivity contribution in [2.24, 2.45) is 0 Å². The number of benzene rings is 1. The van der Waals surface area contributed by atoms with Gasteiger partial charge >= 0.3 is 0 Å². The van der Waals surface area contributed by atoms with Gasteiger partial charge in [0.05, 0.1) is 5.60 Å². The standard InChI is InChI=1S/C10H16N2O/c1-3-10(2,13)8-6-7(11)4-5-9(8)12/h4-6,13H,3,11-12H2,1-2H3. The maximum Gasteiger partial charge on any atom is 0.0886 e. The van der Waals surface area contributed by atoms with Crippen LogP contribution in [0.25, 0.3) is 0 Å². The zero-order valence-corrected chi connectivity index (χ0v) is 8.04. The first-order valence-corrected chi connectivity index (χ1v) is 4.35. The lowest BCUT2D eigenvalue weighted by atomic mass is 9.91. The van der Waals surface area contributed by atoms with Gasteiger partial charge in [-0.25, -0.2) is 0 Å². The van der Waals surface area contributed by atoms with Gasteiger partial charge < -0.3 is 16.6 Å². The summed E-state index contributed by atoms with van der Waals surface area (Å²) in [5.74, 6) is 0. The maximum absolute atomic E-state index is 9.96. The average Bonchev–Trinajstić information content (AvgIpc) is 2.09. The molecule has 3 nitrogen and oxygen atoms in total. The van der Waals surface area contributed by atoms with Crippen LogP contribution in [0.15, 0.2) is 18.2 Å². The summed E-state index contributed by atoms with van der Waals surface area (Å²) in [4.78, 5) is 0. The Balaban J connectivity index is 3.20. The molecule has 1 aromatic carbocycles. The van der Waals surface area contributed by atoms with Gasteiger partial charge in [-0.05, 0) is 31.5 Å². The lowest BCUT2D eigenvalue weighted by Gasteiger charge is -2.23. The highest BCUT2D eigenvalue weighted by atomic mass is 16.3. The van der Waals surface area contributed by atoms with E-state index in [1.165, 1.54) is 0 Å². The van der Waals surface area contributed by atoms with Crippen LogP contribution in [0.2, 0.25) is 0 Å². The second-order valence-electron chi connectivity index (χ2n) is 3.47. The Hall–Kier alpha value is -1.22. The SMILES string of the molecule is CCC(C)(O)c1cc(N)ccc1N. The van der Waals surface area contributed by atoms with Crippen LogP contribution in [0, 0.1) is 0 Å². The largest absolute Gasteiger partial charge is 0.399 e. The molecular formula is C10H16N2O. The molecule has 3 heteroatoms. The zero-order chi connectivity index (χ0) is 10.1. The Morgan fingerprint density at radius 1 is 1.38 bits per heavy atom. The summed E-state index contributed by atoms with van der Waals surface area (Å²) in [7, 11) is 0. The molecule has 0 amide bonds. The fourth-order valence-electron chi connectivity index (χ4n) is 1.23. The molecule has 5 N–H and O–H groups in total. The molecule has 0 saturated heterocycles. The van der Waals surface area contributed by atoms with E-state index in [1.807, 2.05) is 6.92 Å². The third-order valence-corrected chi connectivity index (χ3v) is 2.35. The lowest BCUT2D eigenvalue weighted by Crippen LogP contribution is -2.21. The maximum atomic E-state index is 9.96. The van der Waals surface area contributed by atoms with E-state index in [2.05, 4.69) is 0 Å². The second kappa shape index (κ2) is 3.26.